The molecular weight excluding hydrogens is 358 g/mol. The average molecular weight is 379 g/mol. The summed E-state index contributed by atoms with van der Waals surface area (Å²) in [5, 5.41) is 17.0. The average Bonchev–Trinajstić information content (AvgIpc) is 3.14. The number of nitrogens with zero attached hydrogens (tertiary/aromatic N) is 4. The maximum absolute atomic E-state index is 12.5. The molecule has 8 nitrogen and oxygen atoms in total. The minimum Gasteiger partial charge on any atom is -0.481 e. The quantitative estimate of drug-likeness (QED) is 0.721. The molecule has 1 aliphatic rings. The van der Waals surface area contributed by atoms with Crippen molar-refractivity contribution in [3.8, 4) is 11.1 Å². The van der Waals surface area contributed by atoms with Crippen LogP contribution in [0, 0.1) is 11.8 Å². The lowest BCUT2D eigenvalue weighted by molar-refractivity contribution is -0.143. The largest absolute Gasteiger partial charge is 0.481 e. The van der Waals surface area contributed by atoms with Crippen LogP contribution in [0.4, 0.5) is 5.82 Å². The molecule has 3 heterocycles. The van der Waals surface area contributed by atoms with Crippen molar-refractivity contribution in [2.45, 2.75) is 25.7 Å². The number of aliphatic carboxylic acids is 1. The second-order valence-corrected chi connectivity index (χ2v) is 7.26. The van der Waals surface area contributed by atoms with E-state index in [1.54, 1.807) is 23.3 Å². The van der Waals surface area contributed by atoms with Crippen LogP contribution in [0.5, 0.6) is 0 Å². The Morgan fingerprint density at radius 3 is 2.46 bits per heavy atom. The van der Waals surface area contributed by atoms with Gasteiger partial charge in [-0.05, 0) is 37.8 Å². The van der Waals surface area contributed by atoms with Crippen LogP contribution >= 0.6 is 0 Å². The number of hydrogen-bond acceptors (Lipinski definition) is 5. The van der Waals surface area contributed by atoms with Gasteiger partial charge >= 0.3 is 5.97 Å². The van der Waals surface area contributed by atoms with E-state index in [9.17, 15) is 9.59 Å². The van der Waals surface area contributed by atoms with Gasteiger partial charge in [0.25, 0.3) is 0 Å². The van der Waals surface area contributed by atoms with Crippen molar-refractivity contribution in [3.63, 3.8) is 0 Å². The third-order valence-corrected chi connectivity index (χ3v) is 5.30. The van der Waals surface area contributed by atoms with Gasteiger partial charge in [-0.25, -0.2) is 4.98 Å². The van der Waals surface area contributed by atoms with Crippen LogP contribution in [-0.2, 0) is 16.6 Å². The number of carboxylic acid groups (broad SMARTS) is 1. The molecule has 0 atom stereocenters. The molecule has 1 saturated carbocycles. The van der Waals surface area contributed by atoms with E-state index in [0.717, 1.165) is 22.0 Å². The van der Waals surface area contributed by atoms with Gasteiger partial charge in [-0.15, -0.1) is 0 Å². The van der Waals surface area contributed by atoms with Crippen molar-refractivity contribution < 1.29 is 14.7 Å². The Bertz CT molecular complexity index is 1040. The summed E-state index contributed by atoms with van der Waals surface area (Å²) in [6, 6.07) is 3.80. The van der Waals surface area contributed by atoms with E-state index in [0.29, 0.717) is 31.5 Å². The second kappa shape index (κ2) is 7.38. The highest BCUT2D eigenvalue weighted by molar-refractivity contribution is 5.94. The molecular formula is C20H21N5O3. The first-order valence-corrected chi connectivity index (χ1v) is 9.28. The van der Waals surface area contributed by atoms with Crippen LogP contribution in [0.1, 0.15) is 25.7 Å². The van der Waals surface area contributed by atoms with Crippen molar-refractivity contribution in [1.82, 2.24) is 19.7 Å². The lowest BCUT2D eigenvalue weighted by Gasteiger charge is -2.25. The van der Waals surface area contributed by atoms with Crippen LogP contribution in [0.3, 0.4) is 0 Å². The highest BCUT2D eigenvalue weighted by Crippen LogP contribution is 2.30. The summed E-state index contributed by atoms with van der Waals surface area (Å²) in [5.41, 5.74) is 2.65. The number of carbonyl (C=O) groups excluding carboxylic acids is 1. The Morgan fingerprint density at radius 1 is 1.04 bits per heavy atom. The molecule has 0 saturated heterocycles. The van der Waals surface area contributed by atoms with Gasteiger partial charge in [0.1, 0.15) is 5.82 Å². The number of pyridine rings is 2. The molecule has 0 aliphatic heterocycles. The molecule has 3 aromatic rings. The molecule has 8 heteroatoms. The lowest BCUT2D eigenvalue weighted by Crippen LogP contribution is -2.29. The van der Waals surface area contributed by atoms with E-state index in [1.165, 1.54) is 0 Å². The van der Waals surface area contributed by atoms with E-state index in [-0.39, 0.29) is 17.7 Å². The van der Waals surface area contributed by atoms with Gasteiger partial charge in [0.2, 0.25) is 5.91 Å². The topological polar surface area (TPSA) is 110 Å². The zero-order valence-corrected chi connectivity index (χ0v) is 15.5. The molecule has 144 valence electrons. The molecule has 0 radical (unpaired) electrons. The Balaban J connectivity index is 1.49. The first kappa shape index (κ1) is 18.1. The highest BCUT2D eigenvalue weighted by atomic mass is 16.4. The molecule has 1 aliphatic carbocycles. The first-order valence-electron chi connectivity index (χ1n) is 9.28. The number of carboxylic acids is 1. The summed E-state index contributed by atoms with van der Waals surface area (Å²) in [6.45, 7) is 0. The highest BCUT2D eigenvalue weighted by Gasteiger charge is 2.29. The smallest absolute Gasteiger partial charge is 0.306 e. The maximum atomic E-state index is 12.5. The summed E-state index contributed by atoms with van der Waals surface area (Å²) in [6.07, 6.45) is 9.36. The molecule has 28 heavy (non-hydrogen) atoms. The molecule has 2 N–H and O–H groups in total. The van der Waals surface area contributed by atoms with Crippen LogP contribution in [0.15, 0.2) is 36.9 Å². The number of carbonyl (C=O) groups is 2. The van der Waals surface area contributed by atoms with E-state index in [1.807, 2.05) is 25.4 Å². The number of hydrogen-bond donors (Lipinski definition) is 2. The van der Waals surface area contributed by atoms with E-state index in [2.05, 4.69) is 20.4 Å². The third kappa shape index (κ3) is 3.71. The number of nitrogens with one attached hydrogen (secondary N) is 1. The van der Waals surface area contributed by atoms with Gasteiger partial charge in [0, 0.05) is 41.9 Å². The van der Waals surface area contributed by atoms with Crippen LogP contribution in [-0.4, -0.2) is 36.7 Å². The van der Waals surface area contributed by atoms with E-state index < -0.39 is 5.97 Å². The Kier molecular flexibility index (Phi) is 4.77. The van der Waals surface area contributed by atoms with Gasteiger partial charge in [-0.1, -0.05) is 0 Å². The van der Waals surface area contributed by atoms with Crippen molar-refractivity contribution in [2.24, 2.45) is 18.9 Å². The van der Waals surface area contributed by atoms with Crippen LogP contribution in [0.25, 0.3) is 22.0 Å². The van der Waals surface area contributed by atoms with Crippen molar-refractivity contribution in [3.05, 3.63) is 36.9 Å². The van der Waals surface area contributed by atoms with Crippen molar-refractivity contribution >= 4 is 28.6 Å². The van der Waals surface area contributed by atoms with E-state index in [4.69, 9.17) is 5.11 Å². The number of anilines is 1. The summed E-state index contributed by atoms with van der Waals surface area (Å²) >= 11 is 0. The normalized spacial score (nSPS) is 19.5. The Morgan fingerprint density at radius 2 is 1.79 bits per heavy atom. The molecule has 1 amide bonds. The first-order chi connectivity index (χ1) is 13.5. The standard InChI is InChI=1S/C20H21N5O3/c1-25-11-16(9-23-25)15-6-14-7-18(22-10-17(14)21-8-15)24-19(26)12-2-4-13(5-3-12)20(27)28/h6-13H,2-5H2,1H3,(H,27,28)(H,22,24,26)/t12-,13-. The number of fused-ring (bicyclic) bond motifs is 1. The minimum atomic E-state index is -0.771. The Labute approximate surface area is 161 Å². The van der Waals surface area contributed by atoms with Gasteiger partial charge < -0.3 is 10.4 Å². The number of amides is 1. The molecule has 0 bridgehead atoms. The Hall–Kier alpha value is -3.29. The van der Waals surface area contributed by atoms with Gasteiger partial charge in [0.15, 0.2) is 0 Å². The predicted molar refractivity (Wildman–Crippen MR) is 103 cm³/mol. The SMILES string of the molecule is Cn1cc(-c2cnc3cnc(NC(=O)[C@H]4CC[C@H](C(=O)O)CC4)cc3c2)cn1. The molecule has 4 rings (SSSR count). The second-order valence-electron chi connectivity index (χ2n) is 7.26. The third-order valence-electron chi connectivity index (χ3n) is 5.30. The summed E-state index contributed by atoms with van der Waals surface area (Å²) in [5.74, 6) is -0.908. The molecule has 0 aromatic carbocycles. The van der Waals surface area contributed by atoms with Crippen LogP contribution in [0.2, 0.25) is 0 Å². The minimum absolute atomic E-state index is 0.105. The van der Waals surface area contributed by atoms with E-state index >= 15 is 0 Å². The predicted octanol–water partition coefficient (Wildman–Crippen LogP) is 2.86. The van der Waals surface area contributed by atoms with Crippen LogP contribution < -0.4 is 5.32 Å². The molecule has 0 spiro atoms. The number of aryl methyl sites for hydroxylation is 1. The van der Waals surface area contributed by atoms with Gasteiger partial charge in [0.05, 0.1) is 23.8 Å². The van der Waals surface area contributed by atoms with Crippen molar-refractivity contribution in [1.29, 1.82) is 0 Å². The molecule has 1 fully saturated rings. The summed E-state index contributed by atoms with van der Waals surface area (Å²) in [4.78, 5) is 32.3. The molecule has 3 aromatic heterocycles. The summed E-state index contributed by atoms with van der Waals surface area (Å²) in [7, 11) is 1.86. The van der Waals surface area contributed by atoms with Crippen molar-refractivity contribution in [2.75, 3.05) is 5.32 Å². The zero-order valence-electron chi connectivity index (χ0n) is 15.5. The maximum Gasteiger partial charge on any atom is 0.306 e. The zero-order chi connectivity index (χ0) is 19.7. The van der Waals surface area contributed by atoms with Gasteiger partial charge in [-0.2, -0.15) is 5.10 Å². The number of aromatic nitrogens is 4. The lowest BCUT2D eigenvalue weighted by atomic mass is 9.81. The fraction of sp³-hybridized carbons (Fsp3) is 0.350. The van der Waals surface area contributed by atoms with Gasteiger partial charge in [-0.3, -0.25) is 19.3 Å². The molecule has 0 unspecified atom stereocenters. The fourth-order valence-electron chi connectivity index (χ4n) is 3.66. The fourth-order valence-corrected chi connectivity index (χ4v) is 3.66. The monoisotopic (exact) mass is 379 g/mol. The number of rotatable bonds is 4. The summed E-state index contributed by atoms with van der Waals surface area (Å²) < 4.78 is 1.73.